The van der Waals surface area contributed by atoms with E-state index in [1.54, 1.807) is 0 Å². The Morgan fingerprint density at radius 3 is 2.71 bits per heavy atom. The van der Waals surface area contributed by atoms with Crippen molar-refractivity contribution >= 4 is 29.3 Å². The summed E-state index contributed by atoms with van der Waals surface area (Å²) in [6.07, 6.45) is 3.21. The second kappa shape index (κ2) is 9.22. The Hall–Kier alpha value is -2.37. The van der Waals surface area contributed by atoms with Gasteiger partial charge in [0.1, 0.15) is 5.82 Å². The third-order valence-corrected chi connectivity index (χ3v) is 5.33. The molecule has 5 nitrogen and oxygen atoms in total. The van der Waals surface area contributed by atoms with E-state index >= 15 is 0 Å². The van der Waals surface area contributed by atoms with E-state index in [2.05, 4.69) is 40.3 Å². The molecule has 1 saturated heterocycles. The van der Waals surface area contributed by atoms with Gasteiger partial charge in [-0.05, 0) is 50.6 Å². The van der Waals surface area contributed by atoms with Crippen LogP contribution in [0.1, 0.15) is 32.0 Å². The maximum Gasteiger partial charge on any atom is 0.220 e. The molecule has 0 bridgehead atoms. The van der Waals surface area contributed by atoms with Crippen LogP contribution in [-0.2, 0) is 11.2 Å². The standard InChI is InChI=1S/C22H26N4O.ClH/c1-16-18(11-7-15-23-16)25-22(27)14-13-21-24-19-10-5-6-12-20(19)26(21)17-8-3-2-4-9-17;/h2-6,8-10,12,16,18,23H,7,11,13-15H2,1H3,(H,25,27);1H. The number of hydrogen-bond donors (Lipinski definition) is 2. The smallest absolute Gasteiger partial charge is 0.220 e. The van der Waals surface area contributed by atoms with Gasteiger partial charge in [-0.2, -0.15) is 0 Å². The molecular weight excluding hydrogens is 372 g/mol. The number of benzene rings is 2. The number of aryl methyl sites for hydroxylation is 1. The van der Waals surface area contributed by atoms with Gasteiger partial charge < -0.3 is 10.6 Å². The van der Waals surface area contributed by atoms with Crippen LogP contribution >= 0.6 is 12.4 Å². The first-order valence-corrected chi connectivity index (χ1v) is 9.77. The van der Waals surface area contributed by atoms with Gasteiger partial charge in [-0.3, -0.25) is 9.36 Å². The average Bonchev–Trinajstić information content (AvgIpc) is 3.07. The van der Waals surface area contributed by atoms with Gasteiger partial charge in [-0.1, -0.05) is 30.3 Å². The van der Waals surface area contributed by atoms with Crippen molar-refractivity contribution in [3.8, 4) is 5.69 Å². The third kappa shape index (κ3) is 4.37. The van der Waals surface area contributed by atoms with Crippen molar-refractivity contribution < 1.29 is 4.79 Å². The van der Waals surface area contributed by atoms with Crippen molar-refractivity contribution in [2.75, 3.05) is 6.54 Å². The molecular formula is C22H27ClN4O. The lowest BCUT2D eigenvalue weighted by molar-refractivity contribution is -0.122. The first-order chi connectivity index (χ1) is 13.2. The van der Waals surface area contributed by atoms with E-state index in [1.165, 1.54) is 0 Å². The Bertz CT molecular complexity index is 925. The monoisotopic (exact) mass is 398 g/mol. The van der Waals surface area contributed by atoms with Gasteiger partial charge in [0, 0.05) is 30.6 Å². The number of amides is 1. The largest absolute Gasteiger partial charge is 0.352 e. The summed E-state index contributed by atoms with van der Waals surface area (Å²) < 4.78 is 2.16. The highest BCUT2D eigenvalue weighted by Gasteiger charge is 2.22. The third-order valence-electron chi connectivity index (χ3n) is 5.33. The van der Waals surface area contributed by atoms with Crippen molar-refractivity contribution in [1.82, 2.24) is 20.2 Å². The highest BCUT2D eigenvalue weighted by atomic mass is 35.5. The van der Waals surface area contributed by atoms with Crippen molar-refractivity contribution in [2.24, 2.45) is 0 Å². The molecule has 2 aromatic carbocycles. The number of rotatable bonds is 5. The number of halogens is 1. The second-order valence-electron chi connectivity index (χ2n) is 7.25. The zero-order valence-electron chi connectivity index (χ0n) is 16.1. The molecule has 0 aliphatic carbocycles. The molecule has 0 radical (unpaired) electrons. The Balaban J connectivity index is 0.00000225. The number of piperidine rings is 1. The fourth-order valence-corrected chi connectivity index (χ4v) is 3.85. The minimum atomic E-state index is 0. The van der Waals surface area contributed by atoms with Crippen LogP contribution in [0.5, 0.6) is 0 Å². The first-order valence-electron chi connectivity index (χ1n) is 9.77. The molecule has 28 heavy (non-hydrogen) atoms. The average molecular weight is 399 g/mol. The van der Waals surface area contributed by atoms with Crippen LogP contribution < -0.4 is 10.6 Å². The predicted molar refractivity (Wildman–Crippen MR) is 115 cm³/mol. The van der Waals surface area contributed by atoms with E-state index in [-0.39, 0.29) is 24.4 Å². The van der Waals surface area contributed by atoms with E-state index in [0.717, 1.165) is 41.9 Å². The highest BCUT2D eigenvalue weighted by Crippen LogP contribution is 2.22. The SMILES string of the molecule is CC1NCCCC1NC(=O)CCc1nc2ccccc2n1-c1ccccc1.Cl. The molecule has 1 aliphatic heterocycles. The summed E-state index contributed by atoms with van der Waals surface area (Å²) in [5, 5.41) is 6.62. The van der Waals surface area contributed by atoms with Gasteiger partial charge in [0.15, 0.2) is 0 Å². The molecule has 148 valence electrons. The van der Waals surface area contributed by atoms with Gasteiger partial charge in [0.2, 0.25) is 5.91 Å². The maximum atomic E-state index is 12.5. The summed E-state index contributed by atoms with van der Waals surface area (Å²) in [7, 11) is 0. The molecule has 2 heterocycles. The number of nitrogens with zero attached hydrogens (tertiary/aromatic N) is 2. The number of fused-ring (bicyclic) bond motifs is 1. The molecule has 1 amide bonds. The van der Waals surface area contributed by atoms with Gasteiger partial charge >= 0.3 is 0 Å². The van der Waals surface area contributed by atoms with E-state index in [1.807, 2.05) is 36.4 Å². The molecule has 3 aromatic rings. The lowest BCUT2D eigenvalue weighted by atomic mass is 10.00. The number of imidazole rings is 1. The molecule has 1 aromatic heterocycles. The normalized spacial score (nSPS) is 19.2. The van der Waals surface area contributed by atoms with Crippen molar-refractivity contribution in [2.45, 2.75) is 44.7 Å². The Kier molecular flexibility index (Phi) is 6.70. The second-order valence-corrected chi connectivity index (χ2v) is 7.25. The van der Waals surface area contributed by atoms with Gasteiger partial charge in [-0.25, -0.2) is 4.98 Å². The van der Waals surface area contributed by atoms with Crippen LogP contribution in [0.4, 0.5) is 0 Å². The number of nitrogens with one attached hydrogen (secondary N) is 2. The zero-order chi connectivity index (χ0) is 18.6. The van der Waals surface area contributed by atoms with Gasteiger partial charge in [0.05, 0.1) is 11.0 Å². The first kappa shape index (κ1) is 20.4. The van der Waals surface area contributed by atoms with Gasteiger partial charge in [0.25, 0.3) is 0 Å². The molecule has 0 saturated carbocycles. The van der Waals surface area contributed by atoms with Crippen LogP contribution in [0.25, 0.3) is 16.7 Å². The van der Waals surface area contributed by atoms with Crippen LogP contribution in [0.2, 0.25) is 0 Å². The highest BCUT2D eigenvalue weighted by molar-refractivity contribution is 5.85. The number of carbonyl (C=O) groups is 1. The Morgan fingerprint density at radius 1 is 1.18 bits per heavy atom. The molecule has 2 N–H and O–H groups in total. The summed E-state index contributed by atoms with van der Waals surface area (Å²) in [6.45, 7) is 3.17. The molecule has 4 rings (SSSR count). The molecule has 0 spiro atoms. The van der Waals surface area contributed by atoms with Crippen LogP contribution in [0.3, 0.4) is 0 Å². The fraction of sp³-hybridized carbons (Fsp3) is 0.364. The van der Waals surface area contributed by atoms with Crippen molar-refractivity contribution in [3.63, 3.8) is 0 Å². The quantitative estimate of drug-likeness (QED) is 0.689. The lowest BCUT2D eigenvalue weighted by Crippen LogP contribution is -2.51. The van der Waals surface area contributed by atoms with Gasteiger partial charge in [-0.15, -0.1) is 12.4 Å². The van der Waals surface area contributed by atoms with Crippen LogP contribution in [-0.4, -0.2) is 34.1 Å². The number of aromatic nitrogens is 2. The maximum absolute atomic E-state index is 12.5. The topological polar surface area (TPSA) is 58.9 Å². The van der Waals surface area contributed by atoms with E-state index in [4.69, 9.17) is 4.98 Å². The number of hydrogen-bond acceptors (Lipinski definition) is 3. The summed E-state index contributed by atoms with van der Waals surface area (Å²) in [6, 6.07) is 18.9. The molecule has 6 heteroatoms. The van der Waals surface area contributed by atoms with Crippen LogP contribution in [0, 0.1) is 0 Å². The molecule has 2 unspecified atom stereocenters. The molecule has 2 atom stereocenters. The Morgan fingerprint density at radius 2 is 1.93 bits per heavy atom. The number of carbonyl (C=O) groups excluding carboxylic acids is 1. The van der Waals surface area contributed by atoms with E-state index in [0.29, 0.717) is 18.9 Å². The molecule has 1 aliphatic rings. The number of para-hydroxylation sites is 3. The van der Waals surface area contributed by atoms with Crippen molar-refractivity contribution in [3.05, 3.63) is 60.4 Å². The Labute approximate surface area is 172 Å². The summed E-state index contributed by atoms with van der Waals surface area (Å²) in [5.74, 6) is 1.02. The molecule has 1 fully saturated rings. The van der Waals surface area contributed by atoms with Crippen LogP contribution in [0.15, 0.2) is 54.6 Å². The minimum absolute atomic E-state index is 0. The zero-order valence-corrected chi connectivity index (χ0v) is 16.9. The lowest BCUT2D eigenvalue weighted by Gasteiger charge is -2.30. The summed E-state index contributed by atoms with van der Waals surface area (Å²) in [5.41, 5.74) is 3.11. The van der Waals surface area contributed by atoms with Crippen molar-refractivity contribution in [1.29, 1.82) is 0 Å². The predicted octanol–water partition coefficient (Wildman–Crippen LogP) is 3.64. The fourth-order valence-electron chi connectivity index (χ4n) is 3.85. The summed E-state index contributed by atoms with van der Waals surface area (Å²) in [4.78, 5) is 17.3. The van der Waals surface area contributed by atoms with E-state index in [9.17, 15) is 4.79 Å². The van der Waals surface area contributed by atoms with E-state index < -0.39 is 0 Å². The minimum Gasteiger partial charge on any atom is -0.352 e. The summed E-state index contributed by atoms with van der Waals surface area (Å²) >= 11 is 0.